The second-order valence-electron chi connectivity index (χ2n) is 5.06. The molecule has 2 aromatic rings. The van der Waals surface area contributed by atoms with Crippen LogP contribution in [0.5, 0.6) is 0 Å². The minimum atomic E-state index is -0.732. The molecule has 0 amide bonds. The maximum Gasteiger partial charge on any atom is 0.107 e. The molecule has 0 bridgehead atoms. The summed E-state index contributed by atoms with van der Waals surface area (Å²) >= 11 is 0. The third-order valence-corrected chi connectivity index (χ3v) is 3.30. The summed E-state index contributed by atoms with van der Waals surface area (Å²) in [4.78, 5) is 0. The second kappa shape index (κ2) is 9.15. The molecule has 2 rings (SSSR count). The van der Waals surface area contributed by atoms with Crippen LogP contribution < -0.4 is 0 Å². The first kappa shape index (κ1) is 16.4. The summed E-state index contributed by atoms with van der Waals surface area (Å²) in [5, 5.41) is 10.1. The first-order valence-electron chi connectivity index (χ1n) is 7.37. The quantitative estimate of drug-likeness (QED) is 0.722. The van der Waals surface area contributed by atoms with Crippen molar-refractivity contribution in [3.8, 4) is 0 Å². The molecule has 22 heavy (non-hydrogen) atoms. The lowest BCUT2D eigenvalue weighted by molar-refractivity contribution is -0.0600. The number of aliphatic hydroxyl groups is 1. The lowest BCUT2D eigenvalue weighted by Crippen LogP contribution is -2.31. The van der Waals surface area contributed by atoms with E-state index in [-0.39, 0.29) is 6.61 Å². The van der Waals surface area contributed by atoms with Gasteiger partial charge in [0.2, 0.25) is 0 Å². The van der Waals surface area contributed by atoms with Crippen LogP contribution in [0.2, 0.25) is 0 Å². The molecule has 2 atom stereocenters. The van der Waals surface area contributed by atoms with Crippen molar-refractivity contribution in [2.75, 3.05) is 6.61 Å². The Labute approximate surface area is 131 Å². The summed E-state index contributed by atoms with van der Waals surface area (Å²) in [6, 6.07) is 19.7. The van der Waals surface area contributed by atoms with E-state index in [0.29, 0.717) is 13.2 Å². The number of ether oxygens (including phenoxy) is 2. The van der Waals surface area contributed by atoms with Gasteiger partial charge in [-0.05, 0) is 11.1 Å². The number of aliphatic hydroxyl groups excluding tert-OH is 1. The zero-order chi connectivity index (χ0) is 15.6. The van der Waals surface area contributed by atoms with Crippen molar-refractivity contribution in [2.45, 2.75) is 25.4 Å². The smallest absolute Gasteiger partial charge is 0.107 e. The van der Waals surface area contributed by atoms with Crippen LogP contribution in [0.3, 0.4) is 0 Å². The van der Waals surface area contributed by atoms with Gasteiger partial charge in [0.25, 0.3) is 0 Å². The van der Waals surface area contributed by atoms with E-state index in [0.717, 1.165) is 11.1 Å². The molecule has 0 aliphatic carbocycles. The molecule has 0 saturated carbocycles. The van der Waals surface area contributed by atoms with Crippen molar-refractivity contribution in [3.63, 3.8) is 0 Å². The predicted molar refractivity (Wildman–Crippen MR) is 87.3 cm³/mol. The van der Waals surface area contributed by atoms with Gasteiger partial charge in [0.05, 0.1) is 19.8 Å². The summed E-state index contributed by atoms with van der Waals surface area (Å²) < 4.78 is 11.2. The second-order valence-corrected chi connectivity index (χ2v) is 5.06. The minimum absolute atomic E-state index is 0.209. The van der Waals surface area contributed by atoms with Gasteiger partial charge in [-0.1, -0.05) is 66.7 Å². The van der Waals surface area contributed by atoms with Crippen LogP contribution in [-0.4, -0.2) is 23.9 Å². The zero-order valence-electron chi connectivity index (χ0n) is 12.6. The summed E-state index contributed by atoms with van der Waals surface area (Å²) in [6.45, 7) is 4.84. The van der Waals surface area contributed by atoms with Gasteiger partial charge in [-0.15, -0.1) is 6.58 Å². The van der Waals surface area contributed by atoms with Gasteiger partial charge < -0.3 is 14.6 Å². The Morgan fingerprint density at radius 2 is 1.45 bits per heavy atom. The van der Waals surface area contributed by atoms with E-state index in [1.807, 2.05) is 60.7 Å². The topological polar surface area (TPSA) is 38.7 Å². The number of benzene rings is 2. The summed E-state index contributed by atoms with van der Waals surface area (Å²) in [6.07, 6.45) is 0.431. The SMILES string of the molecule is C=C[C@@H](OCc1ccccc1)[C@@H](O)COCc1ccccc1. The number of hydrogen-bond donors (Lipinski definition) is 1. The van der Waals surface area contributed by atoms with E-state index in [1.165, 1.54) is 0 Å². The van der Waals surface area contributed by atoms with E-state index in [4.69, 9.17) is 9.47 Å². The molecule has 0 aromatic heterocycles. The fraction of sp³-hybridized carbons (Fsp3) is 0.263. The largest absolute Gasteiger partial charge is 0.388 e. The highest BCUT2D eigenvalue weighted by molar-refractivity contribution is 5.14. The molecule has 0 aliphatic rings. The van der Waals surface area contributed by atoms with Crippen molar-refractivity contribution < 1.29 is 14.6 Å². The number of hydrogen-bond acceptors (Lipinski definition) is 3. The van der Waals surface area contributed by atoms with E-state index >= 15 is 0 Å². The zero-order valence-corrected chi connectivity index (χ0v) is 12.6. The van der Waals surface area contributed by atoms with Gasteiger partial charge in [-0.25, -0.2) is 0 Å². The first-order valence-corrected chi connectivity index (χ1v) is 7.37. The molecule has 0 fully saturated rings. The normalized spacial score (nSPS) is 13.5. The molecule has 0 unspecified atom stereocenters. The van der Waals surface area contributed by atoms with Crippen LogP contribution >= 0.6 is 0 Å². The van der Waals surface area contributed by atoms with Gasteiger partial charge in [0.1, 0.15) is 12.2 Å². The van der Waals surface area contributed by atoms with E-state index in [2.05, 4.69) is 6.58 Å². The van der Waals surface area contributed by atoms with Crippen molar-refractivity contribution in [3.05, 3.63) is 84.4 Å². The molecule has 116 valence electrons. The van der Waals surface area contributed by atoms with Crippen LogP contribution in [0.1, 0.15) is 11.1 Å². The Balaban J connectivity index is 1.74. The summed E-state index contributed by atoms with van der Waals surface area (Å²) in [7, 11) is 0. The third kappa shape index (κ3) is 5.45. The van der Waals surface area contributed by atoms with Gasteiger partial charge in [-0.3, -0.25) is 0 Å². The Bertz CT molecular complexity index is 539. The highest BCUT2D eigenvalue weighted by Gasteiger charge is 2.17. The third-order valence-electron chi connectivity index (χ3n) is 3.30. The molecule has 0 spiro atoms. The summed E-state index contributed by atoms with van der Waals surface area (Å²) in [5.41, 5.74) is 2.14. The minimum Gasteiger partial charge on any atom is -0.388 e. The molecule has 0 radical (unpaired) electrons. The van der Waals surface area contributed by atoms with E-state index < -0.39 is 12.2 Å². The molecule has 3 nitrogen and oxygen atoms in total. The Morgan fingerprint density at radius 3 is 2.00 bits per heavy atom. The highest BCUT2D eigenvalue weighted by atomic mass is 16.5. The van der Waals surface area contributed by atoms with Gasteiger partial charge in [0.15, 0.2) is 0 Å². The molecule has 0 heterocycles. The van der Waals surface area contributed by atoms with Gasteiger partial charge in [-0.2, -0.15) is 0 Å². The Morgan fingerprint density at radius 1 is 0.909 bits per heavy atom. The molecular weight excluding hydrogens is 276 g/mol. The standard InChI is InChI=1S/C19H22O3/c1-2-19(22-14-17-11-7-4-8-12-17)18(20)15-21-13-16-9-5-3-6-10-16/h2-12,18-20H,1,13-15H2/t18-,19+/m0/s1. The highest BCUT2D eigenvalue weighted by Crippen LogP contribution is 2.09. The maximum absolute atomic E-state index is 10.1. The molecular formula is C19H22O3. The summed E-state index contributed by atoms with van der Waals surface area (Å²) in [5.74, 6) is 0. The van der Waals surface area contributed by atoms with Crippen molar-refractivity contribution in [1.82, 2.24) is 0 Å². The predicted octanol–water partition coefficient (Wildman–Crippen LogP) is 3.34. The van der Waals surface area contributed by atoms with Gasteiger partial charge >= 0.3 is 0 Å². The molecule has 3 heteroatoms. The van der Waals surface area contributed by atoms with Crippen LogP contribution in [0, 0.1) is 0 Å². The Kier molecular flexibility index (Phi) is 6.84. The van der Waals surface area contributed by atoms with Gasteiger partial charge in [0, 0.05) is 0 Å². The lowest BCUT2D eigenvalue weighted by Gasteiger charge is -2.20. The van der Waals surface area contributed by atoms with Crippen molar-refractivity contribution >= 4 is 0 Å². The first-order chi connectivity index (χ1) is 10.8. The Hall–Kier alpha value is -1.94. The monoisotopic (exact) mass is 298 g/mol. The molecule has 2 aromatic carbocycles. The average molecular weight is 298 g/mol. The van der Waals surface area contributed by atoms with Crippen LogP contribution in [0.25, 0.3) is 0 Å². The van der Waals surface area contributed by atoms with Crippen LogP contribution in [-0.2, 0) is 22.7 Å². The van der Waals surface area contributed by atoms with Crippen molar-refractivity contribution in [1.29, 1.82) is 0 Å². The maximum atomic E-state index is 10.1. The lowest BCUT2D eigenvalue weighted by atomic mass is 10.2. The fourth-order valence-electron chi connectivity index (χ4n) is 2.07. The molecule has 0 saturated heterocycles. The van der Waals surface area contributed by atoms with E-state index in [9.17, 15) is 5.11 Å². The van der Waals surface area contributed by atoms with Crippen molar-refractivity contribution in [2.24, 2.45) is 0 Å². The van der Waals surface area contributed by atoms with E-state index in [1.54, 1.807) is 6.08 Å². The van der Waals surface area contributed by atoms with Crippen LogP contribution in [0.4, 0.5) is 0 Å². The molecule has 1 N–H and O–H groups in total. The average Bonchev–Trinajstić information content (AvgIpc) is 2.57. The fourth-order valence-corrected chi connectivity index (χ4v) is 2.07. The molecule has 0 aliphatic heterocycles. The van der Waals surface area contributed by atoms with Crippen LogP contribution in [0.15, 0.2) is 73.3 Å². The number of rotatable bonds is 9.